The van der Waals surface area contributed by atoms with Crippen molar-refractivity contribution >= 4 is 61.4 Å². The molecule has 1 aliphatic heterocycles. The van der Waals surface area contributed by atoms with Crippen molar-refractivity contribution in [2.24, 2.45) is 0 Å². The Morgan fingerprint density at radius 3 is 2.36 bits per heavy atom. The molecule has 0 radical (unpaired) electrons. The lowest BCUT2D eigenvalue weighted by Crippen LogP contribution is -2.30. The number of sulfonamides is 1. The summed E-state index contributed by atoms with van der Waals surface area (Å²) >= 11 is 12.6. The average molecular weight is 548 g/mol. The summed E-state index contributed by atoms with van der Waals surface area (Å²) in [5.74, 6) is 1.30. The number of nitrogens with one attached hydrogen (secondary N) is 1. The van der Waals surface area contributed by atoms with Gasteiger partial charge in [0.2, 0.25) is 0 Å². The number of benzene rings is 2. The van der Waals surface area contributed by atoms with E-state index in [1.807, 2.05) is 24.3 Å². The largest absolute Gasteiger partial charge is 0.492 e. The molecule has 2 aromatic carbocycles. The highest BCUT2D eigenvalue weighted by Crippen LogP contribution is 2.42. The monoisotopic (exact) mass is 546 g/mol. The molecule has 0 amide bonds. The first kappa shape index (κ1) is 26.3. The second kappa shape index (κ2) is 11.1. The Hall–Kier alpha value is -2.78. The number of nitrogens with zero attached hydrogens (tertiary/aromatic N) is 3. The smallest absolute Gasteiger partial charge is 0.264 e. The van der Waals surface area contributed by atoms with Crippen LogP contribution >= 0.6 is 23.2 Å². The molecule has 10 heteroatoms. The van der Waals surface area contributed by atoms with Crippen molar-refractivity contribution in [3.63, 3.8) is 0 Å². The maximum atomic E-state index is 13.3. The maximum Gasteiger partial charge on any atom is 0.264 e. The van der Waals surface area contributed by atoms with E-state index in [2.05, 4.69) is 29.0 Å². The fourth-order valence-electron chi connectivity index (χ4n) is 3.95. The molecule has 0 unspecified atom stereocenters. The zero-order chi connectivity index (χ0) is 25.9. The highest BCUT2D eigenvalue weighted by atomic mass is 35.5. The molecule has 0 saturated heterocycles. The van der Waals surface area contributed by atoms with E-state index in [1.54, 1.807) is 36.5 Å². The quantitative estimate of drug-likeness (QED) is 0.348. The summed E-state index contributed by atoms with van der Waals surface area (Å²) in [6.07, 6.45) is 3.18. The molecular formula is C26H28Cl2N4O3S. The molecule has 1 N–H and O–H groups in total. The number of hydrogen-bond acceptors (Lipinski definition) is 6. The molecule has 0 saturated carbocycles. The Labute approximate surface area is 222 Å². The van der Waals surface area contributed by atoms with Gasteiger partial charge in [0.05, 0.1) is 20.6 Å². The van der Waals surface area contributed by atoms with E-state index in [0.29, 0.717) is 23.7 Å². The van der Waals surface area contributed by atoms with Gasteiger partial charge >= 0.3 is 0 Å². The molecule has 190 valence electrons. The van der Waals surface area contributed by atoms with Crippen molar-refractivity contribution in [2.75, 3.05) is 42.9 Å². The number of aromatic nitrogens is 1. The van der Waals surface area contributed by atoms with Gasteiger partial charge < -0.3 is 15.0 Å². The summed E-state index contributed by atoms with van der Waals surface area (Å²) in [7, 11) is -2.38. The molecule has 0 atom stereocenters. The minimum atomic E-state index is -3.88. The predicted molar refractivity (Wildman–Crippen MR) is 149 cm³/mol. The number of hydrogen-bond donors (Lipinski definition) is 1. The third-order valence-corrected chi connectivity index (χ3v) is 8.51. The fraction of sp³-hybridized carbons (Fsp3) is 0.269. The Bertz CT molecular complexity index is 1350. The van der Waals surface area contributed by atoms with Gasteiger partial charge in [-0.2, -0.15) is 0 Å². The lowest BCUT2D eigenvalue weighted by atomic mass is 10.1. The normalized spacial score (nSPS) is 14.4. The van der Waals surface area contributed by atoms with Crippen LogP contribution in [0.1, 0.15) is 25.0 Å². The van der Waals surface area contributed by atoms with Crippen LogP contribution in [0.3, 0.4) is 0 Å². The Kier molecular flexibility index (Phi) is 8.10. The molecule has 2 heterocycles. The molecule has 0 bridgehead atoms. The lowest BCUT2D eigenvalue weighted by Gasteiger charge is -2.28. The standard InChI is InChI=1S/C26H28Cl2N4O3S/c1-4-32(5-2)13-14-35-20-11-9-19(10-12-20)30-25-16-23-18(17-29-25)15-24(36(33,34)31(23)3)26-21(27)7-6-8-22(26)28/h6-12,15-17H,4-5,13-14H2,1-3H3,(H,29,30). The van der Waals surface area contributed by atoms with E-state index < -0.39 is 10.0 Å². The number of rotatable bonds is 9. The van der Waals surface area contributed by atoms with Crippen LogP contribution in [-0.4, -0.2) is 51.6 Å². The van der Waals surface area contributed by atoms with Crippen molar-refractivity contribution in [3.8, 4) is 5.75 Å². The molecule has 7 nitrogen and oxygen atoms in total. The minimum Gasteiger partial charge on any atom is -0.492 e. The summed E-state index contributed by atoms with van der Waals surface area (Å²) in [5, 5.41) is 3.75. The molecule has 0 aliphatic carbocycles. The number of halogens is 2. The van der Waals surface area contributed by atoms with Crippen LogP contribution in [0, 0.1) is 0 Å². The van der Waals surface area contributed by atoms with Gasteiger partial charge in [-0.3, -0.25) is 4.31 Å². The van der Waals surface area contributed by atoms with Gasteiger partial charge in [0.15, 0.2) is 0 Å². The third kappa shape index (κ3) is 5.47. The zero-order valence-electron chi connectivity index (χ0n) is 20.3. The summed E-state index contributed by atoms with van der Waals surface area (Å²) in [5.41, 5.74) is 2.22. The first-order valence-corrected chi connectivity index (χ1v) is 13.8. The SMILES string of the molecule is CCN(CC)CCOc1ccc(Nc2cc3c(cn2)C=C(c2c(Cl)cccc2Cl)S(=O)(=O)N3C)cc1. The van der Waals surface area contributed by atoms with Crippen molar-refractivity contribution in [3.05, 3.63) is 75.9 Å². The Morgan fingerprint density at radius 2 is 1.72 bits per heavy atom. The highest BCUT2D eigenvalue weighted by molar-refractivity contribution is 8.02. The van der Waals surface area contributed by atoms with Crippen LogP contribution < -0.4 is 14.4 Å². The number of fused-ring (bicyclic) bond motifs is 1. The van der Waals surface area contributed by atoms with Crippen molar-refractivity contribution in [1.82, 2.24) is 9.88 Å². The van der Waals surface area contributed by atoms with Crippen LogP contribution in [0.25, 0.3) is 11.0 Å². The van der Waals surface area contributed by atoms with E-state index in [0.717, 1.165) is 31.1 Å². The lowest BCUT2D eigenvalue weighted by molar-refractivity contribution is 0.223. The average Bonchev–Trinajstić information content (AvgIpc) is 2.86. The van der Waals surface area contributed by atoms with Gasteiger partial charge in [-0.1, -0.05) is 43.1 Å². The zero-order valence-corrected chi connectivity index (χ0v) is 22.7. The van der Waals surface area contributed by atoms with Crippen LogP contribution in [0.15, 0.2) is 54.7 Å². The first-order chi connectivity index (χ1) is 17.2. The molecule has 36 heavy (non-hydrogen) atoms. The summed E-state index contributed by atoms with van der Waals surface area (Å²) in [6.45, 7) is 7.76. The fourth-order valence-corrected chi connectivity index (χ4v) is 6.13. The molecule has 0 spiro atoms. The second-order valence-electron chi connectivity index (χ2n) is 8.23. The van der Waals surface area contributed by atoms with Gasteiger partial charge in [-0.15, -0.1) is 0 Å². The topological polar surface area (TPSA) is 74.8 Å². The summed E-state index contributed by atoms with van der Waals surface area (Å²) < 4.78 is 33.7. The van der Waals surface area contributed by atoms with Crippen LogP contribution in [-0.2, 0) is 10.0 Å². The third-order valence-electron chi connectivity index (χ3n) is 6.08. The maximum absolute atomic E-state index is 13.3. The van der Waals surface area contributed by atoms with Gasteiger partial charge in [-0.25, -0.2) is 13.4 Å². The number of pyridine rings is 1. The van der Waals surface area contributed by atoms with E-state index in [4.69, 9.17) is 27.9 Å². The van der Waals surface area contributed by atoms with Gasteiger partial charge in [-0.05, 0) is 55.6 Å². The van der Waals surface area contributed by atoms with Crippen LogP contribution in [0.4, 0.5) is 17.2 Å². The number of anilines is 3. The molecule has 4 rings (SSSR count). The van der Waals surface area contributed by atoms with Gasteiger partial charge in [0.25, 0.3) is 10.0 Å². The molecule has 1 aliphatic rings. The summed E-state index contributed by atoms with van der Waals surface area (Å²) in [6, 6.07) is 14.2. The summed E-state index contributed by atoms with van der Waals surface area (Å²) in [4.78, 5) is 6.81. The molecule has 0 fully saturated rings. The van der Waals surface area contributed by atoms with Crippen molar-refractivity contribution in [1.29, 1.82) is 0 Å². The highest BCUT2D eigenvalue weighted by Gasteiger charge is 2.33. The predicted octanol–water partition coefficient (Wildman–Crippen LogP) is 6.13. The van der Waals surface area contributed by atoms with E-state index >= 15 is 0 Å². The molecule has 1 aromatic heterocycles. The Balaban J connectivity index is 1.53. The molecule has 3 aromatic rings. The van der Waals surface area contributed by atoms with E-state index in [-0.39, 0.29) is 20.5 Å². The van der Waals surface area contributed by atoms with E-state index in [1.165, 1.54) is 11.4 Å². The van der Waals surface area contributed by atoms with E-state index in [9.17, 15) is 8.42 Å². The first-order valence-electron chi connectivity index (χ1n) is 11.6. The van der Waals surface area contributed by atoms with Crippen molar-refractivity contribution < 1.29 is 13.2 Å². The van der Waals surface area contributed by atoms with Crippen LogP contribution in [0.5, 0.6) is 5.75 Å². The molecular weight excluding hydrogens is 519 g/mol. The number of ether oxygens (including phenoxy) is 1. The Morgan fingerprint density at radius 1 is 1.06 bits per heavy atom. The van der Waals surface area contributed by atoms with Crippen LogP contribution in [0.2, 0.25) is 10.0 Å². The van der Waals surface area contributed by atoms with Gasteiger partial charge in [0.1, 0.15) is 18.2 Å². The number of likely N-dealkylation sites (N-methyl/N-ethyl adjacent to an activating group) is 1. The second-order valence-corrected chi connectivity index (χ2v) is 11.0. The van der Waals surface area contributed by atoms with Crippen molar-refractivity contribution in [2.45, 2.75) is 13.8 Å². The van der Waals surface area contributed by atoms with Gasteiger partial charge in [0, 0.05) is 42.7 Å². The minimum absolute atomic E-state index is 0.0344.